The van der Waals surface area contributed by atoms with Crippen LogP contribution < -0.4 is 15.4 Å². The fraction of sp³-hybridized carbons (Fsp3) is 0.231. The molecule has 3 aromatic carbocycles. The Bertz CT molecular complexity index is 1080. The molecule has 0 saturated heterocycles. The molecule has 0 atom stereocenters. The van der Waals surface area contributed by atoms with Crippen molar-refractivity contribution < 1.29 is 14.3 Å². The molecule has 5 heteroatoms. The van der Waals surface area contributed by atoms with E-state index in [9.17, 15) is 9.59 Å². The summed E-state index contributed by atoms with van der Waals surface area (Å²) in [4.78, 5) is 25.1. The van der Waals surface area contributed by atoms with Crippen LogP contribution in [-0.2, 0) is 11.2 Å². The minimum atomic E-state index is -0.246. The standard InChI is InChI=1S/C26H26N2O3/c1-18-22(27-25(29)20-14-15-20)11-7-12-23(18)28-26(30)21-10-5-6-13-24(21)31-17-16-19-8-3-2-4-9-19/h2-13,20H,14-17H2,1H3,(H,27,29)(H,28,30). The predicted octanol–water partition coefficient (Wildman–Crippen LogP) is 5.22. The molecule has 158 valence electrons. The highest BCUT2D eigenvalue weighted by atomic mass is 16.5. The van der Waals surface area contributed by atoms with Gasteiger partial charge in [-0.2, -0.15) is 0 Å². The molecule has 0 unspecified atom stereocenters. The summed E-state index contributed by atoms with van der Waals surface area (Å²) in [5.41, 5.74) is 3.87. The molecule has 1 aliphatic rings. The number of rotatable bonds is 8. The Morgan fingerprint density at radius 1 is 0.871 bits per heavy atom. The van der Waals surface area contributed by atoms with Gasteiger partial charge in [0.1, 0.15) is 5.75 Å². The maximum absolute atomic E-state index is 13.0. The smallest absolute Gasteiger partial charge is 0.259 e. The van der Waals surface area contributed by atoms with E-state index in [-0.39, 0.29) is 17.7 Å². The quantitative estimate of drug-likeness (QED) is 0.531. The van der Waals surface area contributed by atoms with Crippen molar-refractivity contribution in [1.29, 1.82) is 0 Å². The molecular weight excluding hydrogens is 388 g/mol. The highest BCUT2D eigenvalue weighted by molar-refractivity contribution is 6.07. The summed E-state index contributed by atoms with van der Waals surface area (Å²) in [6, 6.07) is 22.8. The third-order valence-electron chi connectivity index (χ3n) is 5.41. The SMILES string of the molecule is Cc1c(NC(=O)c2ccccc2OCCc2ccccc2)cccc1NC(=O)C1CC1. The van der Waals surface area contributed by atoms with Crippen LogP contribution >= 0.6 is 0 Å². The first-order valence-electron chi connectivity index (χ1n) is 10.6. The van der Waals surface area contributed by atoms with Gasteiger partial charge in [-0.25, -0.2) is 0 Å². The first-order valence-corrected chi connectivity index (χ1v) is 10.6. The molecule has 31 heavy (non-hydrogen) atoms. The maximum atomic E-state index is 13.0. The van der Waals surface area contributed by atoms with Crippen molar-refractivity contribution in [2.24, 2.45) is 5.92 Å². The molecule has 1 saturated carbocycles. The number of carbonyl (C=O) groups is 2. The molecule has 0 heterocycles. The summed E-state index contributed by atoms with van der Waals surface area (Å²) in [5.74, 6) is 0.470. The van der Waals surface area contributed by atoms with Gasteiger partial charge in [0.05, 0.1) is 12.2 Å². The summed E-state index contributed by atoms with van der Waals surface area (Å²) in [6.45, 7) is 2.37. The second-order valence-corrected chi connectivity index (χ2v) is 7.78. The summed E-state index contributed by atoms with van der Waals surface area (Å²) < 4.78 is 5.92. The minimum Gasteiger partial charge on any atom is -0.492 e. The van der Waals surface area contributed by atoms with E-state index < -0.39 is 0 Å². The van der Waals surface area contributed by atoms with Crippen molar-refractivity contribution in [3.05, 3.63) is 89.5 Å². The Hall–Kier alpha value is -3.60. The zero-order valence-corrected chi connectivity index (χ0v) is 17.6. The predicted molar refractivity (Wildman–Crippen MR) is 123 cm³/mol. The van der Waals surface area contributed by atoms with Gasteiger partial charge in [0.2, 0.25) is 5.91 Å². The normalized spacial score (nSPS) is 12.8. The Balaban J connectivity index is 1.43. The van der Waals surface area contributed by atoms with Gasteiger partial charge < -0.3 is 15.4 Å². The lowest BCUT2D eigenvalue weighted by atomic mass is 10.1. The second-order valence-electron chi connectivity index (χ2n) is 7.78. The minimum absolute atomic E-state index is 0.0451. The van der Waals surface area contributed by atoms with Crippen LogP contribution in [-0.4, -0.2) is 18.4 Å². The van der Waals surface area contributed by atoms with Crippen molar-refractivity contribution >= 4 is 23.2 Å². The summed E-state index contributed by atoms with van der Waals surface area (Å²) >= 11 is 0. The lowest BCUT2D eigenvalue weighted by Crippen LogP contribution is -2.17. The van der Waals surface area contributed by atoms with Crippen molar-refractivity contribution in [2.45, 2.75) is 26.2 Å². The molecule has 4 rings (SSSR count). The number of amides is 2. The van der Waals surface area contributed by atoms with Gasteiger partial charge in [0.25, 0.3) is 5.91 Å². The molecule has 0 radical (unpaired) electrons. The van der Waals surface area contributed by atoms with Crippen LogP contribution in [0.4, 0.5) is 11.4 Å². The average Bonchev–Trinajstić information content (AvgIpc) is 3.63. The van der Waals surface area contributed by atoms with Crippen LogP contribution in [0.15, 0.2) is 72.8 Å². The largest absolute Gasteiger partial charge is 0.492 e. The van der Waals surface area contributed by atoms with Crippen molar-refractivity contribution in [3.8, 4) is 5.75 Å². The van der Waals surface area contributed by atoms with E-state index in [1.54, 1.807) is 12.1 Å². The third-order valence-corrected chi connectivity index (χ3v) is 5.41. The summed E-state index contributed by atoms with van der Waals surface area (Å²) in [5, 5.41) is 5.93. The second kappa shape index (κ2) is 9.47. The first-order chi connectivity index (χ1) is 15.1. The van der Waals surface area contributed by atoms with E-state index in [2.05, 4.69) is 22.8 Å². The number of hydrogen-bond acceptors (Lipinski definition) is 3. The van der Waals surface area contributed by atoms with Crippen LogP contribution in [0.5, 0.6) is 5.75 Å². The monoisotopic (exact) mass is 414 g/mol. The molecule has 3 aromatic rings. The van der Waals surface area contributed by atoms with E-state index >= 15 is 0 Å². The average molecular weight is 415 g/mol. The lowest BCUT2D eigenvalue weighted by Gasteiger charge is -2.15. The third kappa shape index (κ3) is 5.31. The van der Waals surface area contributed by atoms with Crippen molar-refractivity contribution in [3.63, 3.8) is 0 Å². The van der Waals surface area contributed by atoms with Gasteiger partial charge in [-0.15, -0.1) is 0 Å². The summed E-state index contributed by atoms with van der Waals surface area (Å²) in [7, 11) is 0. The number of para-hydroxylation sites is 1. The number of ether oxygens (including phenoxy) is 1. The van der Waals surface area contributed by atoms with E-state index in [0.29, 0.717) is 23.6 Å². The van der Waals surface area contributed by atoms with E-state index in [4.69, 9.17) is 4.74 Å². The van der Waals surface area contributed by atoms with Crippen molar-refractivity contribution in [2.75, 3.05) is 17.2 Å². The lowest BCUT2D eigenvalue weighted by molar-refractivity contribution is -0.117. The molecule has 0 bridgehead atoms. The van der Waals surface area contributed by atoms with E-state index in [1.165, 1.54) is 5.56 Å². The van der Waals surface area contributed by atoms with Gasteiger partial charge in [-0.05, 0) is 55.2 Å². The van der Waals surface area contributed by atoms with Crippen LogP contribution in [0.1, 0.15) is 34.3 Å². The van der Waals surface area contributed by atoms with Crippen LogP contribution in [0, 0.1) is 12.8 Å². The number of carbonyl (C=O) groups excluding carboxylic acids is 2. The highest BCUT2D eigenvalue weighted by Crippen LogP contribution is 2.32. The van der Waals surface area contributed by atoms with Crippen molar-refractivity contribution in [1.82, 2.24) is 0 Å². The molecule has 2 N–H and O–H groups in total. The molecule has 1 fully saturated rings. The topological polar surface area (TPSA) is 67.4 Å². The number of hydrogen-bond donors (Lipinski definition) is 2. The Morgan fingerprint density at radius 3 is 2.29 bits per heavy atom. The van der Waals surface area contributed by atoms with E-state index in [1.807, 2.05) is 55.5 Å². The number of nitrogens with one attached hydrogen (secondary N) is 2. The molecular formula is C26H26N2O3. The fourth-order valence-corrected chi connectivity index (χ4v) is 3.38. The van der Waals surface area contributed by atoms with E-state index in [0.717, 1.165) is 30.5 Å². The van der Waals surface area contributed by atoms with Gasteiger partial charge in [-0.1, -0.05) is 48.5 Å². The molecule has 5 nitrogen and oxygen atoms in total. The Kier molecular flexibility index (Phi) is 6.32. The van der Waals surface area contributed by atoms with Gasteiger partial charge >= 0.3 is 0 Å². The fourth-order valence-electron chi connectivity index (χ4n) is 3.38. The van der Waals surface area contributed by atoms with Gasteiger partial charge in [-0.3, -0.25) is 9.59 Å². The molecule has 1 aliphatic carbocycles. The van der Waals surface area contributed by atoms with Crippen LogP contribution in [0.2, 0.25) is 0 Å². The molecule has 2 amide bonds. The first kappa shape index (κ1) is 20.7. The Morgan fingerprint density at radius 2 is 1.55 bits per heavy atom. The zero-order valence-electron chi connectivity index (χ0n) is 17.6. The van der Waals surface area contributed by atoms with Crippen LogP contribution in [0.25, 0.3) is 0 Å². The van der Waals surface area contributed by atoms with Crippen LogP contribution in [0.3, 0.4) is 0 Å². The molecule has 0 aromatic heterocycles. The summed E-state index contributed by atoms with van der Waals surface area (Å²) in [6.07, 6.45) is 2.66. The highest BCUT2D eigenvalue weighted by Gasteiger charge is 2.30. The molecule has 0 spiro atoms. The Labute approximate surface area is 182 Å². The number of benzene rings is 3. The number of anilines is 2. The molecule has 0 aliphatic heterocycles. The zero-order chi connectivity index (χ0) is 21.6. The maximum Gasteiger partial charge on any atom is 0.259 e. The van der Waals surface area contributed by atoms with Gasteiger partial charge in [0.15, 0.2) is 0 Å². The van der Waals surface area contributed by atoms with Gasteiger partial charge in [0, 0.05) is 23.7 Å².